The molecule has 1 atom stereocenters. The molecule has 5 nitrogen and oxygen atoms in total. The molecular formula is C16H19ClN2O3. The minimum Gasteiger partial charge on any atom is -0.508 e. The van der Waals surface area contributed by atoms with Gasteiger partial charge in [-0.3, -0.25) is 4.79 Å². The fourth-order valence-electron chi connectivity index (χ4n) is 1.88. The Morgan fingerprint density at radius 2 is 1.77 bits per heavy atom. The van der Waals surface area contributed by atoms with Gasteiger partial charge in [-0.1, -0.05) is 24.3 Å². The lowest BCUT2D eigenvalue weighted by Crippen LogP contribution is -2.33. The highest BCUT2D eigenvalue weighted by Crippen LogP contribution is 2.16. The van der Waals surface area contributed by atoms with Crippen molar-refractivity contribution in [1.29, 1.82) is 0 Å². The van der Waals surface area contributed by atoms with Crippen LogP contribution >= 0.6 is 12.4 Å². The number of phenols is 1. The van der Waals surface area contributed by atoms with E-state index in [-0.39, 0.29) is 24.1 Å². The SMILES string of the molecule is COc1ccc(C(N)C(=O)NCc2ccc(O)cc2)cc1.Cl. The van der Waals surface area contributed by atoms with E-state index >= 15 is 0 Å². The number of rotatable bonds is 5. The van der Waals surface area contributed by atoms with Crippen LogP contribution in [0, 0.1) is 0 Å². The van der Waals surface area contributed by atoms with E-state index in [0.717, 1.165) is 16.9 Å². The quantitative estimate of drug-likeness (QED) is 0.787. The molecule has 4 N–H and O–H groups in total. The van der Waals surface area contributed by atoms with Gasteiger partial charge >= 0.3 is 0 Å². The Kier molecular flexibility index (Phi) is 6.69. The Balaban J connectivity index is 0.00000242. The van der Waals surface area contributed by atoms with Crippen molar-refractivity contribution in [3.8, 4) is 11.5 Å². The van der Waals surface area contributed by atoms with E-state index in [0.29, 0.717) is 6.54 Å². The van der Waals surface area contributed by atoms with Gasteiger partial charge in [-0.25, -0.2) is 0 Å². The third kappa shape index (κ3) is 4.65. The minimum atomic E-state index is -0.729. The molecule has 22 heavy (non-hydrogen) atoms. The molecule has 2 aromatic carbocycles. The van der Waals surface area contributed by atoms with Crippen molar-refractivity contribution in [2.75, 3.05) is 7.11 Å². The number of phenolic OH excluding ortho intramolecular Hbond substituents is 1. The summed E-state index contributed by atoms with van der Waals surface area (Å²) in [4.78, 5) is 12.0. The largest absolute Gasteiger partial charge is 0.508 e. The van der Waals surface area contributed by atoms with Crippen molar-refractivity contribution in [1.82, 2.24) is 5.32 Å². The molecule has 0 bridgehead atoms. The molecule has 0 saturated carbocycles. The Morgan fingerprint density at radius 1 is 1.18 bits per heavy atom. The molecule has 0 heterocycles. The van der Waals surface area contributed by atoms with Crippen LogP contribution in [0.5, 0.6) is 11.5 Å². The summed E-state index contributed by atoms with van der Waals surface area (Å²) >= 11 is 0. The zero-order valence-corrected chi connectivity index (χ0v) is 13.0. The lowest BCUT2D eigenvalue weighted by atomic mass is 10.1. The number of halogens is 1. The Bertz CT molecular complexity index is 600. The molecule has 2 rings (SSSR count). The minimum absolute atomic E-state index is 0. The van der Waals surface area contributed by atoms with Crippen LogP contribution in [0.1, 0.15) is 17.2 Å². The molecule has 2 aromatic rings. The molecule has 0 aromatic heterocycles. The molecule has 1 unspecified atom stereocenters. The maximum absolute atomic E-state index is 12.0. The first-order valence-corrected chi connectivity index (χ1v) is 6.55. The average molecular weight is 323 g/mol. The summed E-state index contributed by atoms with van der Waals surface area (Å²) in [5.74, 6) is 0.656. The zero-order valence-electron chi connectivity index (χ0n) is 12.2. The van der Waals surface area contributed by atoms with E-state index in [1.54, 1.807) is 55.6 Å². The van der Waals surface area contributed by atoms with E-state index in [1.807, 2.05) is 0 Å². The topological polar surface area (TPSA) is 84.6 Å². The van der Waals surface area contributed by atoms with Gasteiger partial charge in [0, 0.05) is 6.54 Å². The van der Waals surface area contributed by atoms with Gasteiger partial charge in [0.05, 0.1) is 7.11 Å². The van der Waals surface area contributed by atoms with Gasteiger partial charge in [0.1, 0.15) is 17.5 Å². The van der Waals surface area contributed by atoms with Gasteiger partial charge in [-0.05, 0) is 35.4 Å². The lowest BCUT2D eigenvalue weighted by molar-refractivity contribution is -0.122. The van der Waals surface area contributed by atoms with Gasteiger partial charge in [0.2, 0.25) is 5.91 Å². The number of carbonyl (C=O) groups is 1. The number of methoxy groups -OCH3 is 1. The number of aromatic hydroxyl groups is 1. The molecule has 0 aliphatic carbocycles. The molecular weight excluding hydrogens is 304 g/mol. The molecule has 0 fully saturated rings. The Hall–Kier alpha value is -2.24. The molecule has 0 aliphatic rings. The molecule has 0 aliphatic heterocycles. The van der Waals surface area contributed by atoms with Crippen LogP contribution in [0.15, 0.2) is 48.5 Å². The summed E-state index contributed by atoms with van der Waals surface area (Å²) in [5, 5.41) is 12.0. The van der Waals surface area contributed by atoms with E-state index < -0.39 is 6.04 Å². The summed E-state index contributed by atoms with van der Waals surface area (Å²) in [6, 6.07) is 13.0. The van der Waals surface area contributed by atoms with Gasteiger partial charge in [0.15, 0.2) is 0 Å². The number of amides is 1. The summed E-state index contributed by atoms with van der Waals surface area (Å²) in [6.45, 7) is 0.364. The molecule has 6 heteroatoms. The number of nitrogens with two attached hydrogens (primary N) is 1. The summed E-state index contributed by atoms with van der Waals surface area (Å²) in [6.07, 6.45) is 0. The number of carbonyl (C=O) groups excluding carboxylic acids is 1. The van der Waals surface area contributed by atoms with Crippen LogP contribution in [0.25, 0.3) is 0 Å². The third-order valence-electron chi connectivity index (χ3n) is 3.16. The number of hydrogen-bond donors (Lipinski definition) is 3. The summed E-state index contributed by atoms with van der Waals surface area (Å²) < 4.78 is 5.06. The number of hydrogen-bond acceptors (Lipinski definition) is 4. The van der Waals surface area contributed by atoms with Gasteiger partial charge < -0.3 is 20.9 Å². The monoisotopic (exact) mass is 322 g/mol. The highest BCUT2D eigenvalue weighted by atomic mass is 35.5. The summed E-state index contributed by atoms with van der Waals surface area (Å²) in [5.41, 5.74) is 7.54. The van der Waals surface area contributed by atoms with E-state index in [9.17, 15) is 9.90 Å². The van der Waals surface area contributed by atoms with Crippen molar-refractivity contribution in [3.05, 3.63) is 59.7 Å². The first kappa shape index (κ1) is 17.8. The van der Waals surface area contributed by atoms with E-state index in [1.165, 1.54) is 0 Å². The zero-order chi connectivity index (χ0) is 15.2. The van der Waals surface area contributed by atoms with Crippen LogP contribution in [0.3, 0.4) is 0 Å². The van der Waals surface area contributed by atoms with Crippen molar-refractivity contribution in [2.24, 2.45) is 5.73 Å². The Morgan fingerprint density at radius 3 is 2.32 bits per heavy atom. The van der Waals surface area contributed by atoms with Crippen molar-refractivity contribution in [3.63, 3.8) is 0 Å². The third-order valence-corrected chi connectivity index (χ3v) is 3.16. The first-order valence-electron chi connectivity index (χ1n) is 6.55. The van der Waals surface area contributed by atoms with Gasteiger partial charge in [-0.2, -0.15) is 0 Å². The normalized spacial score (nSPS) is 11.2. The second kappa shape index (κ2) is 8.26. The van der Waals surface area contributed by atoms with Crippen LogP contribution < -0.4 is 15.8 Å². The maximum atomic E-state index is 12.0. The fraction of sp³-hybridized carbons (Fsp3) is 0.188. The lowest BCUT2D eigenvalue weighted by Gasteiger charge is -2.13. The predicted molar refractivity (Wildman–Crippen MR) is 87.1 cm³/mol. The highest BCUT2D eigenvalue weighted by molar-refractivity contribution is 5.85. The Labute approximate surface area is 135 Å². The molecule has 0 spiro atoms. The number of nitrogens with one attached hydrogen (secondary N) is 1. The van der Waals surface area contributed by atoms with E-state index in [2.05, 4.69) is 5.32 Å². The van der Waals surface area contributed by atoms with Crippen LogP contribution in [0.2, 0.25) is 0 Å². The molecule has 0 saturated heterocycles. The predicted octanol–water partition coefficient (Wildman–Crippen LogP) is 2.14. The van der Waals surface area contributed by atoms with Crippen molar-refractivity contribution < 1.29 is 14.6 Å². The van der Waals surface area contributed by atoms with Crippen LogP contribution in [-0.4, -0.2) is 18.1 Å². The van der Waals surface area contributed by atoms with E-state index in [4.69, 9.17) is 10.5 Å². The van der Waals surface area contributed by atoms with Gasteiger partial charge in [-0.15, -0.1) is 12.4 Å². The first-order chi connectivity index (χ1) is 10.1. The fourth-order valence-corrected chi connectivity index (χ4v) is 1.88. The second-order valence-electron chi connectivity index (χ2n) is 4.64. The second-order valence-corrected chi connectivity index (χ2v) is 4.64. The smallest absolute Gasteiger partial charge is 0.241 e. The molecule has 1 amide bonds. The van der Waals surface area contributed by atoms with Crippen molar-refractivity contribution in [2.45, 2.75) is 12.6 Å². The molecule has 0 radical (unpaired) electrons. The van der Waals surface area contributed by atoms with Crippen molar-refractivity contribution >= 4 is 18.3 Å². The molecule has 118 valence electrons. The highest BCUT2D eigenvalue weighted by Gasteiger charge is 2.15. The van der Waals surface area contributed by atoms with Crippen LogP contribution in [0.4, 0.5) is 0 Å². The van der Waals surface area contributed by atoms with Crippen LogP contribution in [-0.2, 0) is 11.3 Å². The standard InChI is InChI=1S/C16H18N2O3.ClH/c1-21-14-8-4-12(5-9-14)15(17)16(20)18-10-11-2-6-13(19)7-3-11;/h2-9,15,19H,10,17H2,1H3,(H,18,20);1H. The summed E-state index contributed by atoms with van der Waals surface area (Å²) in [7, 11) is 1.58. The maximum Gasteiger partial charge on any atom is 0.241 e. The number of benzene rings is 2. The average Bonchev–Trinajstić information content (AvgIpc) is 2.53. The van der Waals surface area contributed by atoms with Gasteiger partial charge in [0.25, 0.3) is 0 Å². The number of ether oxygens (including phenoxy) is 1.